The number of methoxy groups -OCH3 is 1. The molecule has 54 valence electrons. The van der Waals surface area contributed by atoms with Crippen LogP contribution in [0, 0.1) is 0 Å². The fourth-order valence-electron chi connectivity index (χ4n) is 0.519. The summed E-state index contributed by atoms with van der Waals surface area (Å²) in [6.45, 7) is 0. The highest BCUT2D eigenvalue weighted by Gasteiger charge is 1.99. The third-order valence-corrected chi connectivity index (χ3v) is 1.16. The molecule has 0 atom stereocenters. The molecule has 0 fully saturated rings. The van der Waals surface area contributed by atoms with Crippen molar-refractivity contribution in [2.24, 2.45) is 0 Å². The van der Waals surface area contributed by atoms with Crippen LogP contribution in [0.15, 0.2) is 6.20 Å². The lowest BCUT2D eigenvalue weighted by atomic mass is 10.5. The van der Waals surface area contributed by atoms with Crippen LogP contribution in [0.2, 0.25) is 5.28 Å². The van der Waals surface area contributed by atoms with Crippen molar-refractivity contribution in [2.45, 2.75) is 0 Å². The predicted molar refractivity (Wildman–Crippen MR) is 38.0 cm³/mol. The Balaban J connectivity index is 3.07. The summed E-state index contributed by atoms with van der Waals surface area (Å²) >= 11 is 5.42. The Hall–Kier alpha value is -1.03. The normalized spacial score (nSPS) is 9.40. The minimum atomic E-state index is 0.123. The number of nitrogens with zero attached hydrogens (tertiary/aromatic N) is 2. The first-order chi connectivity index (χ1) is 4.74. The summed E-state index contributed by atoms with van der Waals surface area (Å²) in [5.74, 6) is 0.687. The van der Waals surface area contributed by atoms with Gasteiger partial charge in [0.15, 0.2) is 11.6 Å². The van der Waals surface area contributed by atoms with Crippen LogP contribution in [-0.4, -0.2) is 17.1 Å². The Kier molecular flexibility index (Phi) is 1.91. The first kappa shape index (κ1) is 7.08. The summed E-state index contributed by atoms with van der Waals surface area (Å²) in [4.78, 5) is 7.31. The van der Waals surface area contributed by atoms with E-state index >= 15 is 0 Å². The van der Waals surface area contributed by atoms with Crippen LogP contribution in [0.25, 0.3) is 0 Å². The zero-order chi connectivity index (χ0) is 7.56. The summed E-state index contributed by atoms with van der Waals surface area (Å²) in [6, 6.07) is 0. The van der Waals surface area contributed by atoms with Gasteiger partial charge in [0, 0.05) is 0 Å². The van der Waals surface area contributed by atoms with Crippen molar-refractivity contribution < 1.29 is 4.74 Å². The molecule has 1 aromatic rings. The Morgan fingerprint density at radius 3 is 2.90 bits per heavy atom. The zero-order valence-electron chi connectivity index (χ0n) is 5.34. The zero-order valence-corrected chi connectivity index (χ0v) is 6.09. The minimum Gasteiger partial charge on any atom is -0.491 e. The third kappa shape index (κ3) is 1.27. The molecular formula is C5H6ClN3O. The Morgan fingerprint density at radius 2 is 2.40 bits per heavy atom. The van der Waals surface area contributed by atoms with Crippen LogP contribution in [0.5, 0.6) is 5.75 Å². The van der Waals surface area contributed by atoms with E-state index in [9.17, 15) is 0 Å². The second-order valence-electron chi connectivity index (χ2n) is 1.59. The number of aromatic nitrogens is 2. The first-order valence-corrected chi connectivity index (χ1v) is 2.94. The van der Waals surface area contributed by atoms with Gasteiger partial charge in [-0.15, -0.1) is 0 Å². The minimum absolute atomic E-state index is 0.123. The third-order valence-electron chi connectivity index (χ3n) is 0.973. The molecule has 0 amide bonds. The monoisotopic (exact) mass is 159 g/mol. The lowest BCUT2D eigenvalue weighted by Crippen LogP contribution is -1.96. The predicted octanol–water partition coefficient (Wildman–Crippen LogP) is 0.721. The van der Waals surface area contributed by atoms with Crippen molar-refractivity contribution >= 4 is 17.4 Å². The molecule has 0 saturated heterocycles. The maximum atomic E-state index is 5.42. The van der Waals surface area contributed by atoms with Crippen molar-refractivity contribution in [1.82, 2.24) is 9.97 Å². The highest BCUT2D eigenvalue weighted by molar-refractivity contribution is 6.28. The number of anilines is 1. The quantitative estimate of drug-likeness (QED) is 0.614. The number of halogens is 1. The maximum Gasteiger partial charge on any atom is 0.224 e. The molecule has 0 saturated carbocycles. The Morgan fingerprint density at radius 1 is 1.70 bits per heavy atom. The van der Waals surface area contributed by atoms with E-state index in [-0.39, 0.29) is 11.1 Å². The van der Waals surface area contributed by atoms with Crippen LogP contribution in [0.1, 0.15) is 0 Å². The summed E-state index contributed by atoms with van der Waals surface area (Å²) < 4.78 is 4.79. The molecule has 0 aromatic carbocycles. The topological polar surface area (TPSA) is 61.0 Å². The second-order valence-corrected chi connectivity index (χ2v) is 1.93. The Labute approximate surface area is 63.0 Å². The van der Waals surface area contributed by atoms with Crippen LogP contribution in [-0.2, 0) is 0 Å². The number of nitrogen functional groups attached to an aromatic ring is 1. The van der Waals surface area contributed by atoms with Crippen molar-refractivity contribution in [3.05, 3.63) is 11.5 Å². The largest absolute Gasteiger partial charge is 0.491 e. The van der Waals surface area contributed by atoms with Gasteiger partial charge in [0.25, 0.3) is 0 Å². The molecule has 0 unspecified atom stereocenters. The number of ether oxygens (including phenoxy) is 1. The average molecular weight is 160 g/mol. The SMILES string of the molecule is COc1cnc(Cl)nc1N. The van der Waals surface area contributed by atoms with E-state index in [1.807, 2.05) is 0 Å². The van der Waals surface area contributed by atoms with Gasteiger partial charge in [0.1, 0.15) is 0 Å². The van der Waals surface area contributed by atoms with Gasteiger partial charge in [-0.05, 0) is 11.6 Å². The molecule has 1 heterocycles. The second kappa shape index (κ2) is 2.70. The first-order valence-electron chi connectivity index (χ1n) is 2.56. The number of hydrogen-bond acceptors (Lipinski definition) is 4. The Bertz CT molecular complexity index is 240. The molecule has 0 radical (unpaired) electrons. The summed E-state index contributed by atoms with van der Waals surface area (Å²) in [5.41, 5.74) is 5.37. The van der Waals surface area contributed by atoms with E-state index in [1.54, 1.807) is 0 Å². The molecule has 0 aliphatic carbocycles. The van der Waals surface area contributed by atoms with Crippen LogP contribution in [0.4, 0.5) is 5.82 Å². The van der Waals surface area contributed by atoms with Gasteiger partial charge in [-0.1, -0.05) is 0 Å². The maximum absolute atomic E-state index is 5.42. The highest BCUT2D eigenvalue weighted by atomic mass is 35.5. The fourth-order valence-corrected chi connectivity index (χ4v) is 0.659. The standard InChI is InChI=1S/C5H6ClN3O/c1-10-3-2-8-5(6)9-4(3)7/h2H,1H3,(H2,7,8,9). The molecule has 2 N–H and O–H groups in total. The van der Waals surface area contributed by atoms with E-state index in [4.69, 9.17) is 22.1 Å². The van der Waals surface area contributed by atoms with E-state index in [0.29, 0.717) is 5.75 Å². The molecule has 10 heavy (non-hydrogen) atoms. The van der Waals surface area contributed by atoms with E-state index in [1.165, 1.54) is 13.3 Å². The molecule has 5 heteroatoms. The van der Waals surface area contributed by atoms with Crippen molar-refractivity contribution in [3.63, 3.8) is 0 Å². The number of nitrogens with two attached hydrogens (primary N) is 1. The van der Waals surface area contributed by atoms with Gasteiger partial charge in [-0.2, -0.15) is 4.98 Å². The van der Waals surface area contributed by atoms with Gasteiger partial charge >= 0.3 is 0 Å². The van der Waals surface area contributed by atoms with Crippen molar-refractivity contribution in [1.29, 1.82) is 0 Å². The summed E-state index contributed by atoms with van der Waals surface area (Å²) in [7, 11) is 1.49. The molecule has 1 rings (SSSR count). The number of hydrogen-bond donors (Lipinski definition) is 1. The molecule has 0 aliphatic rings. The van der Waals surface area contributed by atoms with E-state index in [2.05, 4.69) is 9.97 Å². The highest BCUT2D eigenvalue weighted by Crippen LogP contribution is 2.17. The average Bonchev–Trinajstić information content (AvgIpc) is 1.88. The summed E-state index contributed by atoms with van der Waals surface area (Å²) in [5, 5.41) is 0.123. The summed E-state index contributed by atoms with van der Waals surface area (Å²) in [6.07, 6.45) is 1.42. The lowest BCUT2D eigenvalue weighted by Gasteiger charge is -2.00. The molecule has 0 bridgehead atoms. The molecular weight excluding hydrogens is 154 g/mol. The van der Waals surface area contributed by atoms with Crippen LogP contribution >= 0.6 is 11.6 Å². The van der Waals surface area contributed by atoms with Gasteiger partial charge in [0.2, 0.25) is 5.28 Å². The van der Waals surface area contributed by atoms with E-state index < -0.39 is 0 Å². The van der Waals surface area contributed by atoms with Gasteiger partial charge < -0.3 is 10.5 Å². The smallest absolute Gasteiger partial charge is 0.224 e. The van der Waals surface area contributed by atoms with Gasteiger partial charge in [-0.25, -0.2) is 4.98 Å². The van der Waals surface area contributed by atoms with Gasteiger partial charge in [-0.3, -0.25) is 0 Å². The molecule has 4 nitrogen and oxygen atoms in total. The van der Waals surface area contributed by atoms with Crippen LogP contribution in [0.3, 0.4) is 0 Å². The molecule has 0 spiro atoms. The number of rotatable bonds is 1. The van der Waals surface area contributed by atoms with E-state index in [0.717, 1.165) is 0 Å². The fraction of sp³-hybridized carbons (Fsp3) is 0.200. The molecule has 1 aromatic heterocycles. The molecule has 0 aliphatic heterocycles. The van der Waals surface area contributed by atoms with Gasteiger partial charge in [0.05, 0.1) is 13.3 Å². The van der Waals surface area contributed by atoms with Crippen molar-refractivity contribution in [3.8, 4) is 5.75 Å². The van der Waals surface area contributed by atoms with Crippen LogP contribution < -0.4 is 10.5 Å². The lowest BCUT2D eigenvalue weighted by molar-refractivity contribution is 0.413. The van der Waals surface area contributed by atoms with Crippen molar-refractivity contribution in [2.75, 3.05) is 12.8 Å².